The number of hydrogen-bond donors (Lipinski definition) is 0. The predicted octanol–water partition coefficient (Wildman–Crippen LogP) is 5.71. The van der Waals surface area contributed by atoms with Gasteiger partial charge in [0.25, 0.3) is 5.91 Å². The Hall–Kier alpha value is -3.33. The summed E-state index contributed by atoms with van der Waals surface area (Å²) < 4.78 is 20.0. The van der Waals surface area contributed by atoms with Gasteiger partial charge in [0.15, 0.2) is 0 Å². The number of rotatable bonds is 6. The Bertz CT molecular complexity index is 1330. The second-order valence-corrected chi connectivity index (χ2v) is 13.3. The highest BCUT2D eigenvalue weighted by Gasteiger charge is 2.39. The van der Waals surface area contributed by atoms with E-state index in [1.807, 2.05) is 51.8 Å². The van der Waals surface area contributed by atoms with Gasteiger partial charge in [0.05, 0.1) is 17.0 Å². The summed E-state index contributed by atoms with van der Waals surface area (Å²) in [6.07, 6.45) is 5.90. The van der Waals surface area contributed by atoms with Gasteiger partial charge < -0.3 is 14.5 Å². The van der Waals surface area contributed by atoms with Crippen LogP contribution in [0.5, 0.6) is 0 Å². The smallest absolute Gasteiger partial charge is 0.410 e. The molecular formula is C33H44FN5O3. The molecule has 1 aromatic carbocycles. The molecule has 3 unspecified atom stereocenters. The molecule has 0 radical (unpaired) electrons. The van der Waals surface area contributed by atoms with Gasteiger partial charge in [-0.3, -0.25) is 9.69 Å². The fourth-order valence-corrected chi connectivity index (χ4v) is 6.83. The van der Waals surface area contributed by atoms with Crippen LogP contribution in [0.1, 0.15) is 80.2 Å². The van der Waals surface area contributed by atoms with Gasteiger partial charge in [0.2, 0.25) is 0 Å². The summed E-state index contributed by atoms with van der Waals surface area (Å²) in [5.74, 6) is 0.605. The number of likely N-dealkylation sites (tertiary alicyclic amines) is 2. The van der Waals surface area contributed by atoms with E-state index in [9.17, 15) is 14.0 Å². The van der Waals surface area contributed by atoms with Gasteiger partial charge in [0.1, 0.15) is 17.7 Å². The van der Waals surface area contributed by atoms with Gasteiger partial charge in [0, 0.05) is 50.9 Å². The molecule has 0 spiro atoms. The summed E-state index contributed by atoms with van der Waals surface area (Å²) in [7, 11) is 0. The Kier molecular flexibility index (Phi) is 8.69. The molecule has 1 aromatic heterocycles. The van der Waals surface area contributed by atoms with Crippen LogP contribution in [0.25, 0.3) is 0 Å². The van der Waals surface area contributed by atoms with E-state index in [1.54, 1.807) is 17.0 Å². The molecule has 9 heteroatoms. The lowest BCUT2D eigenvalue weighted by Gasteiger charge is -2.39. The SMILES string of the molecule is Cc1ncnc(C)c1C(=O)N1C=C2CN(C(C)CC(c3cccc(F)c3)C3CCN(C(=O)OC(C)(C)C)CC3)CC2C1. The van der Waals surface area contributed by atoms with Crippen molar-refractivity contribution >= 4 is 12.0 Å². The first-order valence-corrected chi connectivity index (χ1v) is 15.2. The number of nitrogens with zero attached hydrogens (tertiary/aromatic N) is 5. The zero-order valence-electron chi connectivity index (χ0n) is 25.8. The summed E-state index contributed by atoms with van der Waals surface area (Å²) in [6.45, 7) is 15.3. The molecule has 42 heavy (non-hydrogen) atoms. The van der Waals surface area contributed by atoms with Crippen LogP contribution in [0.4, 0.5) is 9.18 Å². The van der Waals surface area contributed by atoms with Crippen molar-refractivity contribution < 1.29 is 18.7 Å². The molecule has 0 saturated carbocycles. The molecule has 0 N–H and O–H groups in total. The molecule has 2 aromatic rings. The fraction of sp³-hybridized carbons (Fsp3) is 0.576. The number of carbonyl (C=O) groups is 2. The summed E-state index contributed by atoms with van der Waals surface area (Å²) in [6, 6.07) is 7.31. The third kappa shape index (κ3) is 6.66. The average molecular weight is 578 g/mol. The molecular weight excluding hydrogens is 533 g/mol. The molecule has 8 nitrogen and oxygen atoms in total. The number of halogens is 1. The van der Waals surface area contributed by atoms with Gasteiger partial charge in [-0.1, -0.05) is 12.1 Å². The average Bonchev–Trinajstić information content (AvgIpc) is 3.51. The minimum atomic E-state index is -0.519. The monoisotopic (exact) mass is 577 g/mol. The molecule has 5 rings (SSSR count). The molecule has 0 bridgehead atoms. The molecule has 3 aliphatic rings. The van der Waals surface area contributed by atoms with Crippen LogP contribution >= 0.6 is 0 Å². The van der Waals surface area contributed by atoms with Gasteiger partial charge in [-0.15, -0.1) is 0 Å². The Morgan fingerprint density at radius 3 is 2.40 bits per heavy atom. The zero-order valence-corrected chi connectivity index (χ0v) is 25.8. The summed E-state index contributed by atoms with van der Waals surface area (Å²) in [5.41, 5.74) is 3.81. The van der Waals surface area contributed by atoms with Gasteiger partial charge in [-0.2, -0.15) is 0 Å². The van der Waals surface area contributed by atoms with Crippen molar-refractivity contribution in [3.05, 3.63) is 70.7 Å². The maximum Gasteiger partial charge on any atom is 0.410 e. The Morgan fingerprint density at radius 2 is 1.79 bits per heavy atom. The topological polar surface area (TPSA) is 78.9 Å². The van der Waals surface area contributed by atoms with E-state index in [1.165, 1.54) is 18.0 Å². The van der Waals surface area contributed by atoms with Crippen molar-refractivity contribution in [2.45, 2.75) is 78.4 Å². The van der Waals surface area contributed by atoms with Crippen LogP contribution < -0.4 is 0 Å². The number of ether oxygens (including phenoxy) is 1. The number of fused-ring (bicyclic) bond motifs is 1. The second kappa shape index (κ2) is 12.1. The fourth-order valence-electron chi connectivity index (χ4n) is 6.83. The van der Waals surface area contributed by atoms with Crippen LogP contribution in [0.3, 0.4) is 0 Å². The molecule has 226 valence electrons. The van der Waals surface area contributed by atoms with Crippen LogP contribution in [-0.2, 0) is 4.74 Å². The standard InChI is InChI=1S/C33H44FN5O3/c1-21(38-16-26-18-39(19-27(26)17-38)31(40)30-22(2)35-20-36-23(30)3)14-29(25-8-7-9-28(34)15-25)24-10-12-37(13-11-24)32(41)42-33(4,5)6/h7-9,15,18,20-21,24,27,29H,10-14,16-17,19H2,1-6H3. The second-order valence-electron chi connectivity index (χ2n) is 13.3. The predicted molar refractivity (Wildman–Crippen MR) is 159 cm³/mol. The molecule has 3 atom stereocenters. The third-order valence-electron chi connectivity index (χ3n) is 9.06. The maximum absolute atomic E-state index is 14.4. The highest BCUT2D eigenvalue weighted by Crippen LogP contribution is 2.39. The molecule has 2 amide bonds. The van der Waals surface area contributed by atoms with E-state index in [-0.39, 0.29) is 29.8 Å². The van der Waals surface area contributed by atoms with E-state index >= 15 is 0 Å². The van der Waals surface area contributed by atoms with Crippen molar-refractivity contribution in [2.24, 2.45) is 11.8 Å². The first kappa shape index (κ1) is 30.1. The van der Waals surface area contributed by atoms with Crippen LogP contribution in [0.15, 0.2) is 42.4 Å². The zero-order chi connectivity index (χ0) is 30.2. The summed E-state index contributed by atoms with van der Waals surface area (Å²) in [5, 5.41) is 0. The number of amides is 2. The van der Waals surface area contributed by atoms with E-state index in [2.05, 4.69) is 21.8 Å². The lowest BCUT2D eigenvalue weighted by molar-refractivity contribution is 0.0168. The van der Waals surface area contributed by atoms with Gasteiger partial charge in [-0.25, -0.2) is 19.2 Å². The Balaban J connectivity index is 1.25. The first-order valence-electron chi connectivity index (χ1n) is 15.2. The normalized spacial score (nSPS) is 21.2. The van der Waals surface area contributed by atoms with Crippen molar-refractivity contribution in [3.63, 3.8) is 0 Å². The van der Waals surface area contributed by atoms with Crippen molar-refractivity contribution in [1.82, 2.24) is 24.7 Å². The van der Waals surface area contributed by atoms with Crippen molar-refractivity contribution in [2.75, 3.05) is 32.7 Å². The minimum Gasteiger partial charge on any atom is -0.444 e. The number of aromatic nitrogens is 2. The van der Waals surface area contributed by atoms with Gasteiger partial charge >= 0.3 is 6.09 Å². The number of benzene rings is 1. The lowest BCUT2D eigenvalue weighted by atomic mass is 9.76. The number of hydrogen-bond acceptors (Lipinski definition) is 6. The summed E-state index contributed by atoms with van der Waals surface area (Å²) in [4.78, 5) is 40.5. The number of aryl methyl sites for hydroxylation is 2. The quantitative estimate of drug-likeness (QED) is 0.438. The minimum absolute atomic E-state index is 0.0315. The van der Waals surface area contributed by atoms with Gasteiger partial charge in [-0.05, 0) is 95.9 Å². The maximum atomic E-state index is 14.4. The Morgan fingerprint density at radius 1 is 1.10 bits per heavy atom. The van der Waals surface area contributed by atoms with E-state index in [4.69, 9.17) is 4.74 Å². The summed E-state index contributed by atoms with van der Waals surface area (Å²) >= 11 is 0. The van der Waals surface area contributed by atoms with Crippen LogP contribution in [0, 0.1) is 31.5 Å². The molecule has 2 fully saturated rings. The van der Waals surface area contributed by atoms with E-state index in [0.717, 1.165) is 37.9 Å². The first-order chi connectivity index (χ1) is 19.9. The lowest BCUT2D eigenvalue weighted by Crippen LogP contribution is -2.43. The third-order valence-corrected chi connectivity index (χ3v) is 9.06. The Labute approximate surface area is 248 Å². The van der Waals surface area contributed by atoms with Crippen LogP contribution in [0.2, 0.25) is 0 Å². The van der Waals surface area contributed by atoms with E-state index in [0.29, 0.717) is 48.4 Å². The number of piperidine rings is 1. The largest absolute Gasteiger partial charge is 0.444 e. The highest BCUT2D eigenvalue weighted by atomic mass is 19.1. The molecule has 0 aliphatic carbocycles. The van der Waals surface area contributed by atoms with Crippen molar-refractivity contribution in [3.8, 4) is 0 Å². The molecule has 2 saturated heterocycles. The van der Waals surface area contributed by atoms with E-state index < -0.39 is 5.60 Å². The number of carbonyl (C=O) groups excluding carboxylic acids is 2. The molecule has 4 heterocycles. The van der Waals surface area contributed by atoms with Crippen molar-refractivity contribution in [1.29, 1.82) is 0 Å². The van der Waals surface area contributed by atoms with Crippen LogP contribution in [-0.4, -0.2) is 81.0 Å². The highest BCUT2D eigenvalue weighted by molar-refractivity contribution is 5.97. The molecule has 3 aliphatic heterocycles.